The quantitative estimate of drug-likeness (QED) is 0.413. The molecular weight excluding hydrogens is 488 g/mol. The second kappa shape index (κ2) is 9.02. The van der Waals surface area contributed by atoms with Gasteiger partial charge in [0.05, 0.1) is 35.9 Å². The number of rotatable bonds is 5. The number of piperazine rings is 1. The number of carbonyl (C=O) groups excluding carboxylic acids is 1. The monoisotopic (exact) mass is 518 g/mol. The van der Waals surface area contributed by atoms with Crippen LogP contribution in [-0.2, 0) is 16.1 Å². The van der Waals surface area contributed by atoms with E-state index in [9.17, 15) is 4.79 Å². The number of amides is 1. The number of anilines is 1. The Balaban J connectivity index is 1.18. The van der Waals surface area contributed by atoms with Crippen LogP contribution in [0.1, 0.15) is 17.7 Å². The lowest BCUT2D eigenvalue weighted by Crippen LogP contribution is -2.53. The summed E-state index contributed by atoms with van der Waals surface area (Å²) in [4.78, 5) is 31.7. The van der Waals surface area contributed by atoms with Gasteiger partial charge in [-0.1, -0.05) is 12.1 Å². The third kappa shape index (κ3) is 4.25. The van der Waals surface area contributed by atoms with E-state index in [-0.39, 0.29) is 5.91 Å². The summed E-state index contributed by atoms with van der Waals surface area (Å²) < 4.78 is 5.61. The molecule has 10 nitrogen and oxygen atoms in total. The van der Waals surface area contributed by atoms with E-state index < -0.39 is 5.54 Å². The van der Waals surface area contributed by atoms with E-state index >= 15 is 0 Å². The van der Waals surface area contributed by atoms with E-state index in [4.69, 9.17) is 20.4 Å². The number of carbonyl (C=O) groups is 1. The Morgan fingerprint density at radius 2 is 1.89 bits per heavy atom. The van der Waals surface area contributed by atoms with E-state index in [1.165, 1.54) is 4.88 Å². The fourth-order valence-corrected chi connectivity index (χ4v) is 6.39. The number of H-pyrrole nitrogens is 1. The van der Waals surface area contributed by atoms with Crippen LogP contribution in [0.4, 0.5) is 5.82 Å². The van der Waals surface area contributed by atoms with Crippen LogP contribution < -0.4 is 10.6 Å². The number of aromatic amines is 1. The van der Waals surface area contributed by atoms with Gasteiger partial charge in [-0.3, -0.25) is 14.8 Å². The molecular formula is C26H30N8O2S. The van der Waals surface area contributed by atoms with Crippen molar-refractivity contribution in [3.63, 3.8) is 0 Å². The Morgan fingerprint density at radius 3 is 2.68 bits per heavy atom. The van der Waals surface area contributed by atoms with E-state index in [1.807, 2.05) is 23.2 Å². The van der Waals surface area contributed by atoms with Crippen molar-refractivity contribution in [1.29, 1.82) is 0 Å². The van der Waals surface area contributed by atoms with E-state index in [1.54, 1.807) is 11.3 Å². The summed E-state index contributed by atoms with van der Waals surface area (Å²) in [5, 5.41) is 9.38. The molecule has 0 atom stereocenters. The van der Waals surface area contributed by atoms with Gasteiger partial charge in [0.1, 0.15) is 10.6 Å². The van der Waals surface area contributed by atoms with Gasteiger partial charge in [-0.2, -0.15) is 5.10 Å². The summed E-state index contributed by atoms with van der Waals surface area (Å²) in [7, 11) is 0. The van der Waals surface area contributed by atoms with Crippen molar-refractivity contribution in [2.75, 3.05) is 57.4 Å². The average Bonchev–Trinajstić information content (AvgIpc) is 3.32. The van der Waals surface area contributed by atoms with Crippen LogP contribution in [0.5, 0.6) is 0 Å². The molecule has 3 N–H and O–H groups in total. The van der Waals surface area contributed by atoms with Crippen molar-refractivity contribution in [3.8, 4) is 11.4 Å². The zero-order chi connectivity index (χ0) is 25.0. The van der Waals surface area contributed by atoms with Crippen LogP contribution in [0.3, 0.4) is 0 Å². The number of nitrogens with zero attached hydrogens (tertiary/aromatic N) is 6. The third-order valence-electron chi connectivity index (χ3n) is 7.71. The fourth-order valence-electron chi connectivity index (χ4n) is 5.33. The summed E-state index contributed by atoms with van der Waals surface area (Å²) >= 11 is 1.73. The predicted octanol–water partition coefficient (Wildman–Crippen LogP) is 2.21. The minimum absolute atomic E-state index is 0.125. The molecule has 1 saturated carbocycles. The number of nitrogens with two attached hydrogens (primary N) is 1. The molecule has 2 saturated heterocycles. The van der Waals surface area contributed by atoms with Gasteiger partial charge in [0, 0.05) is 61.6 Å². The summed E-state index contributed by atoms with van der Waals surface area (Å²) in [6.07, 6.45) is 3.47. The molecule has 1 amide bonds. The minimum Gasteiger partial charge on any atom is -0.378 e. The summed E-state index contributed by atoms with van der Waals surface area (Å²) in [5.74, 6) is 1.82. The van der Waals surface area contributed by atoms with E-state index in [2.05, 4.69) is 32.1 Å². The van der Waals surface area contributed by atoms with Crippen molar-refractivity contribution in [1.82, 2.24) is 30.0 Å². The maximum absolute atomic E-state index is 12.6. The van der Waals surface area contributed by atoms with Crippen LogP contribution in [0.25, 0.3) is 32.5 Å². The second-order valence-corrected chi connectivity index (χ2v) is 11.4. The molecule has 0 radical (unpaired) electrons. The van der Waals surface area contributed by atoms with Gasteiger partial charge < -0.3 is 20.3 Å². The molecule has 2 aliphatic heterocycles. The highest BCUT2D eigenvalue weighted by Gasteiger charge is 2.48. The molecule has 1 aromatic carbocycles. The van der Waals surface area contributed by atoms with Gasteiger partial charge >= 0.3 is 0 Å². The molecule has 3 aliphatic rings. The van der Waals surface area contributed by atoms with Crippen LogP contribution in [-0.4, -0.2) is 93.9 Å². The summed E-state index contributed by atoms with van der Waals surface area (Å²) in [5.41, 5.74) is 7.51. The highest BCUT2D eigenvalue weighted by atomic mass is 32.1. The first-order valence-corrected chi connectivity index (χ1v) is 13.8. The number of benzene rings is 1. The third-order valence-corrected chi connectivity index (χ3v) is 8.73. The van der Waals surface area contributed by atoms with Crippen molar-refractivity contribution < 1.29 is 9.53 Å². The molecule has 4 aromatic rings. The lowest BCUT2D eigenvalue weighted by Gasteiger charge is -2.35. The predicted molar refractivity (Wildman–Crippen MR) is 144 cm³/mol. The highest BCUT2D eigenvalue weighted by molar-refractivity contribution is 7.18. The Bertz CT molecular complexity index is 1460. The number of hydrogen-bond acceptors (Lipinski definition) is 9. The molecule has 192 valence electrons. The van der Waals surface area contributed by atoms with Gasteiger partial charge in [-0.15, -0.1) is 11.3 Å². The molecule has 37 heavy (non-hydrogen) atoms. The second-order valence-electron chi connectivity index (χ2n) is 10.3. The zero-order valence-electron chi connectivity index (χ0n) is 20.7. The topological polar surface area (TPSA) is 116 Å². The zero-order valence-corrected chi connectivity index (χ0v) is 21.5. The van der Waals surface area contributed by atoms with Gasteiger partial charge in [0.25, 0.3) is 0 Å². The standard InChI is InChI=1S/C26H30N8O2S/c27-26(4-5-26)25(35)34-8-6-32(7-9-34)16-17-14-19-23(33-10-12-36-13-11-33)29-22(30-24(19)37-17)18-2-1-3-21-20(18)15-28-31-21/h1-3,14-15H,4-13,16,27H2,(H,28,31). The first kappa shape index (κ1) is 23.0. The van der Waals surface area contributed by atoms with Gasteiger partial charge in [0.15, 0.2) is 5.82 Å². The summed E-state index contributed by atoms with van der Waals surface area (Å²) in [6.45, 7) is 7.03. The van der Waals surface area contributed by atoms with Gasteiger partial charge in [0.2, 0.25) is 5.91 Å². The van der Waals surface area contributed by atoms with Crippen molar-refractivity contribution in [2.24, 2.45) is 5.73 Å². The molecule has 1 aliphatic carbocycles. The number of fused-ring (bicyclic) bond motifs is 2. The Kier molecular flexibility index (Phi) is 5.61. The fraction of sp³-hybridized carbons (Fsp3) is 0.462. The molecule has 3 aromatic heterocycles. The molecule has 11 heteroatoms. The highest BCUT2D eigenvalue weighted by Crippen LogP contribution is 2.36. The molecule has 0 unspecified atom stereocenters. The van der Waals surface area contributed by atoms with Crippen LogP contribution in [0.2, 0.25) is 0 Å². The minimum atomic E-state index is -0.583. The smallest absolute Gasteiger partial charge is 0.242 e. The van der Waals surface area contributed by atoms with E-state index in [0.29, 0.717) is 13.2 Å². The normalized spacial score (nSPS) is 20.1. The Morgan fingerprint density at radius 1 is 1.08 bits per heavy atom. The maximum Gasteiger partial charge on any atom is 0.242 e. The molecule has 7 rings (SSSR count). The van der Waals surface area contributed by atoms with Crippen LogP contribution in [0.15, 0.2) is 30.5 Å². The van der Waals surface area contributed by atoms with Crippen molar-refractivity contribution in [3.05, 3.63) is 35.3 Å². The number of morpholine rings is 1. The van der Waals surface area contributed by atoms with Gasteiger partial charge in [-0.05, 0) is 25.0 Å². The van der Waals surface area contributed by atoms with Crippen LogP contribution in [0, 0.1) is 0 Å². The first-order valence-electron chi connectivity index (χ1n) is 12.9. The maximum atomic E-state index is 12.6. The molecule has 0 bridgehead atoms. The van der Waals surface area contributed by atoms with Crippen molar-refractivity contribution >= 4 is 44.2 Å². The molecule has 5 heterocycles. The van der Waals surface area contributed by atoms with Crippen LogP contribution >= 0.6 is 11.3 Å². The Hall–Kier alpha value is -3.12. The number of thiophene rings is 1. The molecule has 3 fully saturated rings. The van der Waals surface area contributed by atoms with E-state index in [0.717, 1.165) is 97.0 Å². The number of ether oxygens (including phenoxy) is 1. The van der Waals surface area contributed by atoms with Crippen molar-refractivity contribution in [2.45, 2.75) is 24.9 Å². The first-order chi connectivity index (χ1) is 18.1. The SMILES string of the molecule is NC1(C(=O)N2CCN(Cc3cc4c(N5CCOCC5)nc(-c5cccc6[nH]ncc56)nc4s3)CC2)CC1. The molecule has 0 spiro atoms. The summed E-state index contributed by atoms with van der Waals surface area (Å²) in [6, 6.07) is 8.34. The average molecular weight is 519 g/mol. The lowest BCUT2D eigenvalue weighted by atomic mass is 10.1. The van der Waals surface area contributed by atoms with Gasteiger partial charge in [-0.25, -0.2) is 9.97 Å². The lowest BCUT2D eigenvalue weighted by molar-refractivity contribution is -0.135. The number of aromatic nitrogens is 4. The number of nitrogens with one attached hydrogen (secondary N) is 1. The largest absolute Gasteiger partial charge is 0.378 e. The number of hydrogen-bond donors (Lipinski definition) is 2. The Labute approximate surface area is 218 Å².